The lowest BCUT2D eigenvalue weighted by molar-refractivity contribution is -0.111. The van der Waals surface area contributed by atoms with E-state index in [2.05, 4.69) is 0 Å². The Bertz CT molecular complexity index is 172. The molecule has 0 aromatic carbocycles. The molecule has 0 saturated heterocycles. The number of carbonyl (C=O) groups excluding carboxylic acids is 1. The van der Waals surface area contributed by atoms with Crippen LogP contribution < -0.4 is 0 Å². The highest BCUT2D eigenvalue weighted by molar-refractivity contribution is 6.63. The van der Waals surface area contributed by atoms with Crippen LogP contribution in [0.15, 0.2) is 0 Å². The molecule has 0 rings (SSSR count). The molecule has 0 atom stereocenters. The molecule has 0 aromatic rings. The highest BCUT2D eigenvalue weighted by Gasteiger charge is 2.04. The lowest BCUT2D eigenvalue weighted by atomic mass is 10.2. The van der Waals surface area contributed by atoms with Crippen molar-refractivity contribution in [2.45, 2.75) is 19.3 Å². The maximum Gasteiger partial charge on any atom is 0.407 e. The van der Waals surface area contributed by atoms with E-state index in [0.29, 0.717) is 25.8 Å². The fourth-order valence-corrected chi connectivity index (χ4v) is 0.842. The molecule has 0 bridgehead atoms. The number of hydrogen-bond acceptors (Lipinski definition) is 2. The summed E-state index contributed by atoms with van der Waals surface area (Å²) in [5.41, 5.74) is 0. The van der Waals surface area contributed by atoms with Gasteiger partial charge in [0.1, 0.15) is 0 Å². The quantitative estimate of drug-likeness (QED) is 0.532. The summed E-state index contributed by atoms with van der Waals surface area (Å²) in [6, 6.07) is 0. The maximum atomic E-state index is 10.3. The van der Waals surface area contributed by atoms with Crippen LogP contribution in [0, 0.1) is 0 Å². The molecule has 0 heterocycles. The van der Waals surface area contributed by atoms with Crippen molar-refractivity contribution in [2.24, 2.45) is 0 Å². The van der Waals surface area contributed by atoms with E-state index >= 15 is 0 Å². The minimum absolute atomic E-state index is 0.314. The Morgan fingerprint density at radius 3 is 2.42 bits per heavy atom. The number of halogens is 1. The van der Waals surface area contributed by atoms with Gasteiger partial charge in [0, 0.05) is 20.0 Å². The first-order chi connectivity index (χ1) is 5.54. The Morgan fingerprint density at radius 2 is 2.00 bits per heavy atom. The van der Waals surface area contributed by atoms with Crippen LogP contribution in [0.25, 0.3) is 0 Å². The van der Waals surface area contributed by atoms with E-state index in [1.807, 2.05) is 0 Å². The van der Waals surface area contributed by atoms with Crippen LogP contribution in [0.5, 0.6) is 0 Å². The third-order valence-electron chi connectivity index (χ3n) is 1.44. The molecule has 0 saturated carbocycles. The van der Waals surface area contributed by atoms with Gasteiger partial charge in [0.25, 0.3) is 0 Å². The van der Waals surface area contributed by atoms with Gasteiger partial charge in [0.05, 0.1) is 0 Å². The van der Waals surface area contributed by atoms with E-state index in [-0.39, 0.29) is 5.24 Å². The maximum absolute atomic E-state index is 10.3. The average Bonchev–Trinajstić information content (AvgIpc) is 1.97. The average molecular weight is 194 g/mol. The van der Waals surface area contributed by atoms with E-state index in [0.717, 1.165) is 0 Å². The number of amides is 1. The summed E-state index contributed by atoms with van der Waals surface area (Å²) in [6.45, 7) is 0.444. The minimum Gasteiger partial charge on any atom is -0.465 e. The second kappa shape index (κ2) is 5.83. The number of carboxylic acid groups (broad SMARTS) is 1. The van der Waals surface area contributed by atoms with Gasteiger partial charge < -0.3 is 10.0 Å². The molecule has 1 amide bonds. The summed E-state index contributed by atoms with van der Waals surface area (Å²) in [6.07, 6.45) is 0.670. The van der Waals surface area contributed by atoms with Gasteiger partial charge in [-0.1, -0.05) is 0 Å². The number of carbonyl (C=O) groups is 2. The monoisotopic (exact) mass is 193 g/mol. The molecule has 1 N–H and O–H groups in total. The van der Waals surface area contributed by atoms with Crippen molar-refractivity contribution in [1.82, 2.24) is 4.90 Å². The van der Waals surface area contributed by atoms with Crippen molar-refractivity contribution in [3.63, 3.8) is 0 Å². The van der Waals surface area contributed by atoms with Crippen molar-refractivity contribution in [3.8, 4) is 0 Å². The molecular formula is C7H12ClNO3. The highest BCUT2D eigenvalue weighted by atomic mass is 35.5. The van der Waals surface area contributed by atoms with Crippen molar-refractivity contribution >= 4 is 22.9 Å². The van der Waals surface area contributed by atoms with Crippen LogP contribution in [0.1, 0.15) is 19.3 Å². The first-order valence-electron chi connectivity index (χ1n) is 3.66. The molecule has 70 valence electrons. The van der Waals surface area contributed by atoms with Crippen LogP contribution in [-0.4, -0.2) is 34.9 Å². The van der Waals surface area contributed by atoms with Crippen LogP contribution in [-0.2, 0) is 4.79 Å². The predicted molar refractivity (Wildman–Crippen MR) is 45.4 cm³/mol. The van der Waals surface area contributed by atoms with Crippen molar-refractivity contribution in [1.29, 1.82) is 0 Å². The molecule has 0 aliphatic rings. The third-order valence-corrected chi connectivity index (χ3v) is 1.63. The Kier molecular flexibility index (Phi) is 5.45. The number of nitrogens with zero attached hydrogens (tertiary/aromatic N) is 1. The summed E-state index contributed by atoms with van der Waals surface area (Å²) in [5.74, 6) is 0. The molecule has 0 aromatic heterocycles. The number of rotatable bonds is 5. The molecule has 4 nitrogen and oxygen atoms in total. The predicted octanol–water partition coefficient (Wildman–Crippen LogP) is 1.53. The largest absolute Gasteiger partial charge is 0.465 e. The Morgan fingerprint density at radius 1 is 1.42 bits per heavy atom. The zero-order valence-electron chi connectivity index (χ0n) is 6.92. The molecule has 12 heavy (non-hydrogen) atoms. The van der Waals surface area contributed by atoms with Crippen LogP contribution in [0.3, 0.4) is 0 Å². The fourth-order valence-electron chi connectivity index (χ4n) is 0.709. The molecule has 0 aliphatic heterocycles. The second-order valence-corrected chi connectivity index (χ2v) is 2.94. The zero-order chi connectivity index (χ0) is 9.56. The molecule has 0 spiro atoms. The minimum atomic E-state index is -0.952. The summed E-state index contributed by atoms with van der Waals surface area (Å²) >= 11 is 5.09. The lowest BCUT2D eigenvalue weighted by Gasteiger charge is -2.11. The van der Waals surface area contributed by atoms with Crippen molar-refractivity contribution in [3.05, 3.63) is 0 Å². The van der Waals surface area contributed by atoms with Crippen LogP contribution in [0.4, 0.5) is 4.79 Å². The van der Waals surface area contributed by atoms with Gasteiger partial charge in [-0.15, -0.1) is 0 Å². The van der Waals surface area contributed by atoms with E-state index in [1.165, 1.54) is 11.9 Å². The first kappa shape index (κ1) is 11.2. The Balaban J connectivity index is 3.31. The van der Waals surface area contributed by atoms with Gasteiger partial charge >= 0.3 is 6.09 Å². The van der Waals surface area contributed by atoms with Gasteiger partial charge in [-0.25, -0.2) is 4.79 Å². The summed E-state index contributed by atoms with van der Waals surface area (Å²) < 4.78 is 0. The standard InChI is InChI=1S/C7H12ClNO3/c1-9(7(11)12)5-3-2-4-6(8)10/h2-5H2,1H3,(H,11,12). The van der Waals surface area contributed by atoms with E-state index in [1.54, 1.807) is 0 Å². The SMILES string of the molecule is CN(CCCCC(=O)Cl)C(=O)O. The fraction of sp³-hybridized carbons (Fsp3) is 0.714. The third kappa shape index (κ3) is 5.97. The van der Waals surface area contributed by atoms with Crippen LogP contribution >= 0.6 is 11.6 Å². The van der Waals surface area contributed by atoms with Gasteiger partial charge in [0.15, 0.2) is 0 Å². The van der Waals surface area contributed by atoms with Crippen LogP contribution in [0.2, 0.25) is 0 Å². The first-order valence-corrected chi connectivity index (χ1v) is 4.04. The molecule has 0 fully saturated rings. The molecule has 0 aliphatic carbocycles. The topological polar surface area (TPSA) is 57.6 Å². The summed E-state index contributed by atoms with van der Waals surface area (Å²) in [4.78, 5) is 21.7. The van der Waals surface area contributed by atoms with Crippen molar-refractivity contribution in [2.75, 3.05) is 13.6 Å². The second-order valence-electron chi connectivity index (χ2n) is 2.52. The lowest BCUT2D eigenvalue weighted by Crippen LogP contribution is -2.25. The smallest absolute Gasteiger partial charge is 0.407 e. The van der Waals surface area contributed by atoms with Gasteiger partial charge in [-0.2, -0.15) is 0 Å². The van der Waals surface area contributed by atoms with E-state index < -0.39 is 6.09 Å². The molecule has 0 unspecified atom stereocenters. The summed E-state index contributed by atoms with van der Waals surface area (Å²) in [5, 5.41) is 8.06. The highest BCUT2D eigenvalue weighted by Crippen LogP contribution is 2.00. The molecule has 5 heteroatoms. The van der Waals surface area contributed by atoms with E-state index in [9.17, 15) is 9.59 Å². The van der Waals surface area contributed by atoms with Gasteiger partial charge in [0.2, 0.25) is 5.24 Å². The van der Waals surface area contributed by atoms with Crippen molar-refractivity contribution < 1.29 is 14.7 Å². The normalized spacial score (nSPS) is 9.50. The molecular weight excluding hydrogens is 182 g/mol. The number of hydrogen-bond donors (Lipinski definition) is 1. The zero-order valence-corrected chi connectivity index (χ0v) is 7.67. The van der Waals surface area contributed by atoms with E-state index in [4.69, 9.17) is 16.7 Å². The Hall–Kier alpha value is -0.770. The summed E-state index contributed by atoms with van der Waals surface area (Å²) in [7, 11) is 1.49. The molecule has 0 radical (unpaired) electrons. The van der Waals surface area contributed by atoms with Gasteiger partial charge in [-0.05, 0) is 24.4 Å². The van der Waals surface area contributed by atoms with Gasteiger partial charge in [-0.3, -0.25) is 4.79 Å². The number of unbranched alkanes of at least 4 members (excludes halogenated alkanes) is 1. The Labute approximate surface area is 76.1 Å².